The quantitative estimate of drug-likeness (QED) is 0.810. The van der Waals surface area contributed by atoms with Gasteiger partial charge in [0.25, 0.3) is 0 Å². The van der Waals surface area contributed by atoms with Crippen molar-refractivity contribution >= 4 is 0 Å². The minimum Gasteiger partial charge on any atom is -0.378 e. The van der Waals surface area contributed by atoms with Crippen LogP contribution in [0.5, 0.6) is 0 Å². The largest absolute Gasteiger partial charge is 0.378 e. The van der Waals surface area contributed by atoms with Crippen LogP contribution in [0.4, 0.5) is 0 Å². The van der Waals surface area contributed by atoms with Gasteiger partial charge in [0.2, 0.25) is 0 Å². The number of hydrogen-bond donors (Lipinski definition) is 1. The Morgan fingerprint density at radius 3 is 2.30 bits per heavy atom. The third-order valence-corrected chi connectivity index (χ3v) is 5.87. The van der Waals surface area contributed by atoms with Crippen molar-refractivity contribution in [3.63, 3.8) is 0 Å². The Morgan fingerprint density at radius 1 is 0.950 bits per heavy atom. The van der Waals surface area contributed by atoms with Crippen LogP contribution in [0.1, 0.15) is 65.2 Å². The van der Waals surface area contributed by atoms with E-state index in [1.807, 2.05) is 0 Å². The summed E-state index contributed by atoms with van der Waals surface area (Å²) in [5.74, 6) is 0. The van der Waals surface area contributed by atoms with Crippen molar-refractivity contribution in [1.82, 2.24) is 5.32 Å². The molecule has 1 spiro atoms. The van der Waals surface area contributed by atoms with Crippen molar-refractivity contribution in [2.24, 2.45) is 5.41 Å². The molecule has 3 nitrogen and oxygen atoms in total. The average Bonchev–Trinajstić information content (AvgIpc) is 2.44. The standard InChI is InChI=1S/C17H31NO2/c1-3-19-14-10-13(11-14)18-15-12-16(20-4-2)17(15)8-6-5-7-9-17/h13-16,18H,3-12H2,1-2H3. The fourth-order valence-corrected chi connectivity index (χ4v) is 4.66. The zero-order valence-corrected chi connectivity index (χ0v) is 13.2. The van der Waals surface area contributed by atoms with Crippen LogP contribution in [0.25, 0.3) is 0 Å². The van der Waals surface area contributed by atoms with Crippen molar-refractivity contribution in [1.29, 1.82) is 0 Å². The second-order valence-electron chi connectivity index (χ2n) is 6.94. The lowest BCUT2D eigenvalue weighted by atomic mass is 9.55. The first-order chi connectivity index (χ1) is 9.78. The van der Waals surface area contributed by atoms with E-state index in [-0.39, 0.29) is 0 Å². The summed E-state index contributed by atoms with van der Waals surface area (Å²) in [5, 5.41) is 3.93. The van der Waals surface area contributed by atoms with E-state index in [0.717, 1.165) is 13.2 Å². The Morgan fingerprint density at radius 2 is 1.65 bits per heavy atom. The molecule has 20 heavy (non-hydrogen) atoms. The topological polar surface area (TPSA) is 30.5 Å². The summed E-state index contributed by atoms with van der Waals surface area (Å²) >= 11 is 0. The third-order valence-electron chi connectivity index (χ3n) is 5.87. The Kier molecular flexibility index (Phi) is 4.68. The first kappa shape index (κ1) is 14.8. The van der Waals surface area contributed by atoms with Crippen LogP contribution in [0.3, 0.4) is 0 Å². The molecule has 0 bridgehead atoms. The first-order valence-corrected chi connectivity index (χ1v) is 8.77. The maximum Gasteiger partial charge on any atom is 0.0661 e. The van der Waals surface area contributed by atoms with Gasteiger partial charge in [-0.1, -0.05) is 19.3 Å². The highest BCUT2D eigenvalue weighted by atomic mass is 16.5. The van der Waals surface area contributed by atoms with Gasteiger partial charge in [0, 0.05) is 30.7 Å². The Labute approximate surface area is 123 Å². The van der Waals surface area contributed by atoms with Crippen LogP contribution in [0, 0.1) is 5.41 Å². The van der Waals surface area contributed by atoms with Crippen LogP contribution < -0.4 is 5.32 Å². The molecule has 1 N–H and O–H groups in total. The van der Waals surface area contributed by atoms with Crippen LogP contribution in [-0.2, 0) is 9.47 Å². The molecule has 0 amide bonds. The number of ether oxygens (including phenoxy) is 2. The van der Waals surface area contributed by atoms with E-state index in [9.17, 15) is 0 Å². The van der Waals surface area contributed by atoms with Crippen molar-refractivity contribution < 1.29 is 9.47 Å². The third kappa shape index (κ3) is 2.65. The molecule has 0 radical (unpaired) electrons. The van der Waals surface area contributed by atoms with E-state index < -0.39 is 0 Å². The molecule has 0 saturated heterocycles. The zero-order valence-electron chi connectivity index (χ0n) is 13.2. The van der Waals surface area contributed by atoms with Gasteiger partial charge in [-0.05, 0) is 46.0 Å². The summed E-state index contributed by atoms with van der Waals surface area (Å²) in [5.41, 5.74) is 0.463. The molecular formula is C17H31NO2. The minimum absolute atomic E-state index is 0.463. The maximum absolute atomic E-state index is 6.03. The normalized spacial score (nSPS) is 39.3. The lowest BCUT2D eigenvalue weighted by Crippen LogP contribution is -2.67. The van der Waals surface area contributed by atoms with Crippen LogP contribution in [-0.4, -0.2) is 37.5 Å². The molecule has 3 fully saturated rings. The molecule has 0 aromatic carbocycles. The van der Waals surface area contributed by atoms with E-state index in [1.165, 1.54) is 51.4 Å². The Hall–Kier alpha value is -0.120. The SMILES string of the molecule is CCOC1CC(NC2CC(OCC)C23CCCCC3)C1. The summed E-state index contributed by atoms with van der Waals surface area (Å²) in [4.78, 5) is 0. The first-order valence-electron chi connectivity index (χ1n) is 8.77. The van der Waals surface area contributed by atoms with Gasteiger partial charge in [-0.2, -0.15) is 0 Å². The predicted octanol–water partition coefficient (Wildman–Crippen LogP) is 3.27. The molecule has 2 atom stereocenters. The van der Waals surface area contributed by atoms with Crippen molar-refractivity contribution in [2.45, 2.75) is 89.5 Å². The Bertz CT molecular complexity index is 308. The molecule has 0 aromatic heterocycles. The van der Waals surface area contributed by atoms with Gasteiger partial charge in [-0.25, -0.2) is 0 Å². The molecule has 3 aliphatic carbocycles. The van der Waals surface area contributed by atoms with E-state index >= 15 is 0 Å². The van der Waals surface area contributed by atoms with Crippen LogP contribution >= 0.6 is 0 Å². The number of hydrogen-bond acceptors (Lipinski definition) is 3. The summed E-state index contributed by atoms with van der Waals surface area (Å²) in [6, 6.07) is 1.39. The highest BCUT2D eigenvalue weighted by Gasteiger charge is 2.56. The summed E-state index contributed by atoms with van der Waals surface area (Å²) in [7, 11) is 0. The highest BCUT2D eigenvalue weighted by molar-refractivity contribution is 5.10. The van der Waals surface area contributed by atoms with Crippen LogP contribution in [0.2, 0.25) is 0 Å². The lowest BCUT2D eigenvalue weighted by Gasteiger charge is -2.59. The van der Waals surface area contributed by atoms with Gasteiger partial charge < -0.3 is 14.8 Å². The highest BCUT2D eigenvalue weighted by Crippen LogP contribution is 2.53. The average molecular weight is 281 g/mol. The van der Waals surface area contributed by atoms with Gasteiger partial charge >= 0.3 is 0 Å². The van der Waals surface area contributed by atoms with E-state index in [2.05, 4.69) is 19.2 Å². The van der Waals surface area contributed by atoms with Gasteiger partial charge in [-0.3, -0.25) is 0 Å². The molecule has 3 saturated carbocycles. The van der Waals surface area contributed by atoms with Gasteiger partial charge in [0.1, 0.15) is 0 Å². The van der Waals surface area contributed by atoms with E-state index in [4.69, 9.17) is 9.47 Å². The minimum atomic E-state index is 0.463. The maximum atomic E-state index is 6.03. The second kappa shape index (κ2) is 6.33. The molecular weight excluding hydrogens is 250 g/mol. The molecule has 116 valence electrons. The lowest BCUT2D eigenvalue weighted by molar-refractivity contribution is -0.156. The molecule has 3 heteroatoms. The smallest absolute Gasteiger partial charge is 0.0661 e. The van der Waals surface area contributed by atoms with Gasteiger partial charge in [0.15, 0.2) is 0 Å². The second-order valence-corrected chi connectivity index (χ2v) is 6.94. The van der Waals surface area contributed by atoms with E-state index in [0.29, 0.717) is 29.7 Å². The predicted molar refractivity (Wildman–Crippen MR) is 80.9 cm³/mol. The van der Waals surface area contributed by atoms with Crippen molar-refractivity contribution in [3.05, 3.63) is 0 Å². The van der Waals surface area contributed by atoms with Gasteiger partial charge in [-0.15, -0.1) is 0 Å². The van der Waals surface area contributed by atoms with E-state index in [1.54, 1.807) is 0 Å². The van der Waals surface area contributed by atoms with Crippen LogP contribution in [0.15, 0.2) is 0 Å². The summed E-state index contributed by atoms with van der Waals surface area (Å²) in [6.45, 7) is 5.96. The number of rotatable bonds is 6. The molecule has 0 aromatic rings. The van der Waals surface area contributed by atoms with Gasteiger partial charge in [0.05, 0.1) is 12.2 Å². The number of nitrogens with one attached hydrogen (secondary N) is 1. The van der Waals surface area contributed by atoms with Crippen molar-refractivity contribution in [2.75, 3.05) is 13.2 Å². The fraction of sp³-hybridized carbons (Fsp3) is 1.00. The Balaban J connectivity index is 1.52. The summed E-state index contributed by atoms with van der Waals surface area (Å²) < 4.78 is 11.7. The molecule has 0 aliphatic heterocycles. The molecule has 3 aliphatic rings. The molecule has 3 rings (SSSR count). The monoisotopic (exact) mass is 281 g/mol. The van der Waals surface area contributed by atoms with Crippen molar-refractivity contribution in [3.8, 4) is 0 Å². The zero-order chi connectivity index (χ0) is 14.0. The molecule has 2 unspecified atom stereocenters. The summed E-state index contributed by atoms with van der Waals surface area (Å²) in [6.07, 6.45) is 11.6. The molecule has 0 heterocycles. The fourth-order valence-electron chi connectivity index (χ4n) is 4.66.